The first-order chi connectivity index (χ1) is 8.63. The molecule has 0 bridgehead atoms. The van der Waals surface area contributed by atoms with E-state index in [1.165, 1.54) is 12.5 Å². The second-order valence-corrected chi connectivity index (χ2v) is 4.68. The van der Waals surface area contributed by atoms with Crippen molar-refractivity contribution in [2.24, 2.45) is 0 Å². The van der Waals surface area contributed by atoms with Crippen LogP contribution in [-0.2, 0) is 16.1 Å². The number of terminal acetylenes is 1. The molecule has 1 heterocycles. The van der Waals surface area contributed by atoms with Crippen molar-refractivity contribution in [3.63, 3.8) is 0 Å². The van der Waals surface area contributed by atoms with Gasteiger partial charge in [0.2, 0.25) is 0 Å². The van der Waals surface area contributed by atoms with Crippen molar-refractivity contribution >= 4 is 5.97 Å². The summed E-state index contributed by atoms with van der Waals surface area (Å²) in [4.78, 5) is 13.3. The van der Waals surface area contributed by atoms with Crippen LogP contribution in [0.4, 0.5) is 0 Å². The summed E-state index contributed by atoms with van der Waals surface area (Å²) in [5.41, 5.74) is 0.508. The number of esters is 1. The molecular weight excluding hydrogens is 226 g/mol. The Kier molecular flexibility index (Phi) is 3.69. The number of hydrogen-bond acceptors (Lipinski definition) is 3. The number of benzene rings is 1. The Labute approximate surface area is 108 Å². The Balaban J connectivity index is 1.99. The molecule has 0 N–H and O–H groups in total. The highest BCUT2D eigenvalue weighted by molar-refractivity contribution is 5.67. The molecule has 0 aliphatic carbocycles. The van der Waals surface area contributed by atoms with Gasteiger partial charge >= 0.3 is 5.97 Å². The fourth-order valence-electron chi connectivity index (χ4n) is 2.34. The fourth-order valence-corrected chi connectivity index (χ4v) is 2.34. The lowest BCUT2D eigenvalue weighted by molar-refractivity contribution is -0.150. The molecule has 1 aliphatic rings. The van der Waals surface area contributed by atoms with E-state index in [-0.39, 0.29) is 5.97 Å². The largest absolute Gasteiger partial charge is 0.445 e. The number of carbonyl (C=O) groups is 1. The van der Waals surface area contributed by atoms with Gasteiger partial charge in [0.05, 0.1) is 6.54 Å². The van der Waals surface area contributed by atoms with E-state index in [4.69, 9.17) is 11.2 Å². The van der Waals surface area contributed by atoms with Crippen molar-refractivity contribution in [3.05, 3.63) is 35.9 Å². The van der Waals surface area contributed by atoms with E-state index in [2.05, 4.69) is 23.0 Å². The Morgan fingerprint density at radius 2 is 2.22 bits per heavy atom. The molecule has 1 aliphatic heterocycles. The zero-order valence-electron chi connectivity index (χ0n) is 10.6. The van der Waals surface area contributed by atoms with E-state index in [0.29, 0.717) is 13.0 Å². The third-order valence-corrected chi connectivity index (χ3v) is 3.16. The Morgan fingerprint density at radius 3 is 2.83 bits per heavy atom. The summed E-state index contributed by atoms with van der Waals surface area (Å²) >= 11 is 0. The first-order valence-electron chi connectivity index (χ1n) is 6.07. The molecule has 0 spiro atoms. The van der Waals surface area contributed by atoms with Crippen LogP contribution in [0.5, 0.6) is 0 Å². The van der Waals surface area contributed by atoms with Crippen molar-refractivity contribution in [3.8, 4) is 12.3 Å². The Bertz CT molecular complexity index is 463. The number of rotatable bonds is 3. The third-order valence-electron chi connectivity index (χ3n) is 3.16. The number of carbonyl (C=O) groups excluding carboxylic acids is 1. The number of likely N-dealkylation sites (tertiary alicyclic amines) is 1. The predicted octanol–water partition coefficient (Wildman–Crippen LogP) is 1.83. The summed E-state index contributed by atoms with van der Waals surface area (Å²) in [6.45, 7) is 3.70. The van der Waals surface area contributed by atoms with Crippen LogP contribution >= 0.6 is 0 Å². The monoisotopic (exact) mass is 243 g/mol. The minimum atomic E-state index is -0.736. The van der Waals surface area contributed by atoms with Crippen LogP contribution in [0.15, 0.2) is 30.3 Å². The maximum absolute atomic E-state index is 11.1. The quantitative estimate of drug-likeness (QED) is 0.599. The standard InChI is InChI=1S/C15H17NO2/c1-3-15(18-13(2)17)9-10-16(12-15)11-14-7-5-4-6-8-14/h1,4-8H,9-12H2,2H3. The zero-order chi connectivity index (χ0) is 13.0. The molecule has 1 saturated heterocycles. The number of hydrogen-bond donors (Lipinski definition) is 0. The normalized spacial score (nSPS) is 23.6. The Hall–Kier alpha value is -1.79. The minimum Gasteiger partial charge on any atom is -0.445 e. The van der Waals surface area contributed by atoms with Gasteiger partial charge in [-0.05, 0) is 5.56 Å². The van der Waals surface area contributed by atoms with Crippen LogP contribution in [0.3, 0.4) is 0 Å². The van der Waals surface area contributed by atoms with Gasteiger partial charge in [0.1, 0.15) is 0 Å². The van der Waals surface area contributed by atoms with Gasteiger partial charge in [-0.2, -0.15) is 0 Å². The van der Waals surface area contributed by atoms with E-state index >= 15 is 0 Å². The first kappa shape index (κ1) is 12.7. The van der Waals surface area contributed by atoms with Crippen molar-refractivity contribution in [2.45, 2.75) is 25.5 Å². The second-order valence-electron chi connectivity index (χ2n) is 4.68. The van der Waals surface area contributed by atoms with Gasteiger partial charge in [-0.3, -0.25) is 9.69 Å². The summed E-state index contributed by atoms with van der Waals surface area (Å²) < 4.78 is 5.30. The van der Waals surface area contributed by atoms with Crippen LogP contribution in [0.1, 0.15) is 18.9 Å². The topological polar surface area (TPSA) is 29.5 Å². The molecule has 18 heavy (non-hydrogen) atoms. The van der Waals surface area contributed by atoms with Gasteiger partial charge < -0.3 is 4.74 Å². The van der Waals surface area contributed by atoms with Crippen LogP contribution in [0.2, 0.25) is 0 Å². The fraction of sp³-hybridized carbons (Fsp3) is 0.400. The van der Waals surface area contributed by atoms with E-state index < -0.39 is 5.60 Å². The summed E-state index contributed by atoms with van der Waals surface area (Å²) in [7, 11) is 0. The van der Waals surface area contributed by atoms with E-state index in [1.54, 1.807) is 0 Å². The van der Waals surface area contributed by atoms with Crippen LogP contribution in [-0.4, -0.2) is 29.6 Å². The number of ether oxygens (including phenoxy) is 1. The molecule has 94 valence electrons. The molecule has 0 radical (unpaired) electrons. The van der Waals surface area contributed by atoms with Gasteiger partial charge in [0, 0.05) is 26.4 Å². The first-order valence-corrected chi connectivity index (χ1v) is 6.07. The second kappa shape index (κ2) is 5.24. The lowest BCUT2D eigenvalue weighted by atomic mass is 10.1. The predicted molar refractivity (Wildman–Crippen MR) is 69.7 cm³/mol. The maximum Gasteiger partial charge on any atom is 0.304 e. The number of nitrogens with zero attached hydrogens (tertiary/aromatic N) is 1. The molecular formula is C15H17NO2. The van der Waals surface area contributed by atoms with Crippen LogP contribution in [0, 0.1) is 12.3 Å². The molecule has 1 fully saturated rings. The molecule has 0 amide bonds. The SMILES string of the molecule is C#CC1(OC(C)=O)CCN(Cc2ccccc2)C1. The van der Waals surface area contributed by atoms with Crippen LogP contribution in [0.25, 0.3) is 0 Å². The molecule has 3 nitrogen and oxygen atoms in total. The zero-order valence-corrected chi connectivity index (χ0v) is 10.6. The Morgan fingerprint density at radius 1 is 1.50 bits per heavy atom. The molecule has 1 unspecified atom stereocenters. The van der Waals surface area contributed by atoms with E-state index in [1.807, 2.05) is 18.2 Å². The van der Waals surface area contributed by atoms with Gasteiger partial charge in [-0.15, -0.1) is 6.42 Å². The lowest BCUT2D eigenvalue weighted by Crippen LogP contribution is -2.36. The smallest absolute Gasteiger partial charge is 0.304 e. The molecule has 3 heteroatoms. The van der Waals surface area contributed by atoms with Crippen molar-refractivity contribution in [1.29, 1.82) is 0 Å². The molecule has 1 aromatic rings. The average Bonchev–Trinajstić information content (AvgIpc) is 2.73. The summed E-state index contributed by atoms with van der Waals surface area (Å²) in [5.74, 6) is 2.33. The molecule has 1 aromatic carbocycles. The highest BCUT2D eigenvalue weighted by Crippen LogP contribution is 2.26. The van der Waals surface area contributed by atoms with Gasteiger partial charge in [0.15, 0.2) is 5.60 Å². The molecule has 0 aromatic heterocycles. The highest BCUT2D eigenvalue weighted by Gasteiger charge is 2.39. The van der Waals surface area contributed by atoms with Gasteiger partial charge in [-0.25, -0.2) is 0 Å². The van der Waals surface area contributed by atoms with Gasteiger partial charge in [-0.1, -0.05) is 36.3 Å². The maximum atomic E-state index is 11.1. The highest BCUT2D eigenvalue weighted by atomic mass is 16.6. The summed E-state index contributed by atoms with van der Waals surface area (Å²) in [6.07, 6.45) is 6.22. The summed E-state index contributed by atoms with van der Waals surface area (Å²) in [5, 5.41) is 0. The molecule has 1 atom stereocenters. The van der Waals surface area contributed by atoms with E-state index in [0.717, 1.165) is 13.1 Å². The minimum absolute atomic E-state index is 0.311. The molecule has 0 saturated carbocycles. The van der Waals surface area contributed by atoms with E-state index in [9.17, 15) is 4.79 Å². The van der Waals surface area contributed by atoms with Crippen molar-refractivity contribution in [1.82, 2.24) is 4.90 Å². The molecule has 2 rings (SSSR count). The lowest BCUT2D eigenvalue weighted by Gasteiger charge is -2.23. The average molecular weight is 243 g/mol. The third kappa shape index (κ3) is 2.91. The van der Waals surface area contributed by atoms with Crippen molar-refractivity contribution in [2.75, 3.05) is 13.1 Å². The van der Waals surface area contributed by atoms with Crippen LogP contribution < -0.4 is 0 Å². The summed E-state index contributed by atoms with van der Waals surface area (Å²) in [6, 6.07) is 10.2. The van der Waals surface area contributed by atoms with Crippen molar-refractivity contribution < 1.29 is 9.53 Å². The van der Waals surface area contributed by atoms with Gasteiger partial charge in [0.25, 0.3) is 0 Å².